The molecule has 2 N–H and O–H groups in total. The predicted molar refractivity (Wildman–Crippen MR) is 103 cm³/mol. The number of nitrogens with zero attached hydrogens (tertiary/aromatic N) is 1. The number of nitrogens with one attached hydrogen (secondary N) is 1. The van der Waals surface area contributed by atoms with Crippen molar-refractivity contribution in [2.24, 2.45) is 0 Å². The lowest BCUT2D eigenvalue weighted by atomic mass is 10.00. The summed E-state index contributed by atoms with van der Waals surface area (Å²) < 4.78 is 10.7. The molecule has 2 aromatic carbocycles. The molecule has 27 heavy (non-hydrogen) atoms. The van der Waals surface area contributed by atoms with E-state index in [2.05, 4.69) is 28.4 Å². The Morgan fingerprint density at radius 1 is 1.15 bits per heavy atom. The lowest BCUT2D eigenvalue weighted by Crippen LogP contribution is -2.42. The number of β-amino-alcohol motifs (C(OH)–C–C–N with tert-alkyl or cyclic N) is 1. The van der Waals surface area contributed by atoms with E-state index in [0.29, 0.717) is 18.0 Å². The van der Waals surface area contributed by atoms with Gasteiger partial charge in [0.15, 0.2) is 18.1 Å². The van der Waals surface area contributed by atoms with Crippen molar-refractivity contribution in [2.45, 2.75) is 19.1 Å². The average molecular weight is 370 g/mol. The third-order valence-electron chi connectivity index (χ3n) is 4.64. The van der Waals surface area contributed by atoms with Crippen molar-refractivity contribution in [1.82, 2.24) is 10.2 Å². The number of hydrogen-bond donors (Lipinski definition) is 2. The molecule has 6 heteroatoms. The lowest BCUT2D eigenvalue weighted by molar-refractivity contribution is -0.123. The number of carbonyl (C=O) groups excluding carboxylic acids is 1. The Balaban J connectivity index is 1.39. The molecule has 1 amide bonds. The van der Waals surface area contributed by atoms with Crippen LogP contribution in [0.4, 0.5) is 0 Å². The number of para-hydroxylation sites is 2. The maximum Gasteiger partial charge on any atom is 0.258 e. The summed E-state index contributed by atoms with van der Waals surface area (Å²) >= 11 is 0. The zero-order valence-corrected chi connectivity index (χ0v) is 15.6. The van der Waals surface area contributed by atoms with Crippen LogP contribution in [-0.4, -0.2) is 55.4 Å². The molecule has 0 bridgehead atoms. The van der Waals surface area contributed by atoms with Gasteiger partial charge in [-0.05, 0) is 29.7 Å². The first kappa shape index (κ1) is 19.2. The SMILES string of the molecule is COc1ccccc1OCC(=O)NCC(O)CN1CCc2ccccc2C1. The summed E-state index contributed by atoms with van der Waals surface area (Å²) in [5.41, 5.74) is 2.69. The second-order valence-electron chi connectivity index (χ2n) is 6.65. The van der Waals surface area contributed by atoms with Crippen LogP contribution in [0.25, 0.3) is 0 Å². The molecule has 0 radical (unpaired) electrons. The zero-order valence-electron chi connectivity index (χ0n) is 15.6. The second kappa shape index (κ2) is 9.39. The van der Waals surface area contributed by atoms with Crippen molar-refractivity contribution in [3.8, 4) is 11.5 Å². The van der Waals surface area contributed by atoms with Gasteiger partial charge in [0, 0.05) is 26.2 Å². The van der Waals surface area contributed by atoms with E-state index in [1.165, 1.54) is 11.1 Å². The molecule has 1 aliphatic rings. The van der Waals surface area contributed by atoms with Crippen molar-refractivity contribution >= 4 is 5.91 Å². The van der Waals surface area contributed by atoms with Crippen LogP contribution in [-0.2, 0) is 17.8 Å². The number of fused-ring (bicyclic) bond motifs is 1. The number of ether oxygens (including phenoxy) is 2. The Hall–Kier alpha value is -2.57. The minimum atomic E-state index is -0.620. The van der Waals surface area contributed by atoms with Crippen LogP contribution in [0.3, 0.4) is 0 Å². The molecule has 144 valence electrons. The Morgan fingerprint density at radius 3 is 2.63 bits per heavy atom. The third kappa shape index (κ3) is 5.45. The fourth-order valence-corrected chi connectivity index (χ4v) is 3.24. The van der Waals surface area contributed by atoms with Gasteiger partial charge in [-0.3, -0.25) is 9.69 Å². The molecule has 6 nitrogen and oxygen atoms in total. The zero-order chi connectivity index (χ0) is 19.1. The molecule has 0 spiro atoms. The van der Waals surface area contributed by atoms with Gasteiger partial charge in [0.2, 0.25) is 0 Å². The van der Waals surface area contributed by atoms with Gasteiger partial charge in [-0.15, -0.1) is 0 Å². The van der Waals surface area contributed by atoms with Gasteiger partial charge in [0.1, 0.15) is 0 Å². The summed E-state index contributed by atoms with van der Waals surface area (Å²) in [7, 11) is 1.55. The highest BCUT2D eigenvalue weighted by molar-refractivity contribution is 5.77. The summed E-state index contributed by atoms with van der Waals surface area (Å²) in [5, 5.41) is 13.0. The number of benzene rings is 2. The molecule has 1 heterocycles. The summed E-state index contributed by atoms with van der Waals surface area (Å²) in [6.07, 6.45) is 0.368. The van der Waals surface area contributed by atoms with E-state index in [1.807, 2.05) is 18.2 Å². The standard InChI is InChI=1S/C21H26N2O4/c1-26-19-8-4-5-9-20(19)27-15-21(25)22-12-18(24)14-23-11-10-16-6-2-3-7-17(16)13-23/h2-9,18,24H,10-15H2,1H3,(H,22,25). The quantitative estimate of drug-likeness (QED) is 0.739. The van der Waals surface area contributed by atoms with E-state index in [9.17, 15) is 9.90 Å². The molecule has 2 aromatic rings. The van der Waals surface area contributed by atoms with Gasteiger partial charge in [-0.25, -0.2) is 0 Å². The van der Waals surface area contributed by atoms with Crippen LogP contribution >= 0.6 is 0 Å². The molecular formula is C21H26N2O4. The predicted octanol–water partition coefficient (Wildman–Crippen LogP) is 1.61. The first-order valence-corrected chi connectivity index (χ1v) is 9.15. The molecule has 0 aliphatic carbocycles. The van der Waals surface area contributed by atoms with E-state index < -0.39 is 6.10 Å². The van der Waals surface area contributed by atoms with Crippen molar-refractivity contribution in [1.29, 1.82) is 0 Å². The highest BCUT2D eigenvalue weighted by Gasteiger charge is 2.18. The highest BCUT2D eigenvalue weighted by atomic mass is 16.5. The van der Waals surface area contributed by atoms with Crippen LogP contribution in [0, 0.1) is 0 Å². The summed E-state index contributed by atoms with van der Waals surface area (Å²) in [5.74, 6) is 0.822. The van der Waals surface area contributed by atoms with Gasteiger partial charge in [0.05, 0.1) is 13.2 Å². The van der Waals surface area contributed by atoms with E-state index >= 15 is 0 Å². The van der Waals surface area contributed by atoms with E-state index in [4.69, 9.17) is 9.47 Å². The highest BCUT2D eigenvalue weighted by Crippen LogP contribution is 2.25. The number of carbonyl (C=O) groups is 1. The normalized spacial score (nSPS) is 14.9. The number of aliphatic hydroxyl groups excluding tert-OH is 1. The number of hydrogen-bond acceptors (Lipinski definition) is 5. The first-order valence-electron chi connectivity index (χ1n) is 9.15. The molecule has 0 fully saturated rings. The molecule has 1 aliphatic heterocycles. The smallest absolute Gasteiger partial charge is 0.258 e. The molecular weight excluding hydrogens is 344 g/mol. The summed E-state index contributed by atoms with van der Waals surface area (Å²) in [6, 6.07) is 15.6. The second-order valence-corrected chi connectivity index (χ2v) is 6.65. The van der Waals surface area contributed by atoms with Gasteiger partial charge < -0.3 is 19.9 Å². The van der Waals surface area contributed by atoms with Crippen molar-refractivity contribution < 1.29 is 19.4 Å². The van der Waals surface area contributed by atoms with E-state index in [-0.39, 0.29) is 19.1 Å². The summed E-state index contributed by atoms with van der Waals surface area (Å²) in [4.78, 5) is 14.2. The third-order valence-corrected chi connectivity index (χ3v) is 4.64. The van der Waals surface area contributed by atoms with E-state index in [0.717, 1.165) is 19.5 Å². The van der Waals surface area contributed by atoms with Crippen LogP contribution in [0.15, 0.2) is 48.5 Å². The van der Waals surface area contributed by atoms with Gasteiger partial charge in [-0.1, -0.05) is 36.4 Å². The Bertz CT molecular complexity index is 765. The van der Waals surface area contributed by atoms with Crippen LogP contribution in [0.5, 0.6) is 11.5 Å². The maximum atomic E-state index is 12.0. The minimum Gasteiger partial charge on any atom is -0.493 e. The molecule has 1 unspecified atom stereocenters. The number of amides is 1. The molecule has 3 rings (SSSR count). The van der Waals surface area contributed by atoms with Crippen molar-refractivity contribution in [3.05, 3.63) is 59.7 Å². The minimum absolute atomic E-state index is 0.121. The monoisotopic (exact) mass is 370 g/mol. The van der Waals surface area contributed by atoms with Crippen LogP contribution < -0.4 is 14.8 Å². The summed E-state index contributed by atoms with van der Waals surface area (Å²) in [6.45, 7) is 2.36. The Labute approximate surface area is 159 Å². The van der Waals surface area contributed by atoms with E-state index in [1.54, 1.807) is 19.2 Å². The molecule has 0 saturated heterocycles. The topological polar surface area (TPSA) is 71.0 Å². The maximum absolute atomic E-state index is 12.0. The molecule has 0 saturated carbocycles. The lowest BCUT2D eigenvalue weighted by Gasteiger charge is -2.30. The Morgan fingerprint density at radius 2 is 1.85 bits per heavy atom. The molecule has 0 aromatic heterocycles. The number of methoxy groups -OCH3 is 1. The van der Waals surface area contributed by atoms with Gasteiger partial charge >= 0.3 is 0 Å². The first-order chi connectivity index (χ1) is 13.2. The fraction of sp³-hybridized carbons (Fsp3) is 0.381. The average Bonchev–Trinajstić information content (AvgIpc) is 2.70. The molecule has 1 atom stereocenters. The van der Waals surface area contributed by atoms with Crippen molar-refractivity contribution in [2.75, 3.05) is 33.4 Å². The van der Waals surface area contributed by atoms with Gasteiger partial charge in [0.25, 0.3) is 5.91 Å². The van der Waals surface area contributed by atoms with Crippen LogP contribution in [0.2, 0.25) is 0 Å². The number of rotatable bonds is 8. The Kier molecular flexibility index (Phi) is 6.68. The fourth-order valence-electron chi connectivity index (χ4n) is 3.24. The number of aliphatic hydroxyl groups is 1. The van der Waals surface area contributed by atoms with Gasteiger partial charge in [-0.2, -0.15) is 0 Å². The van der Waals surface area contributed by atoms with Crippen LogP contribution in [0.1, 0.15) is 11.1 Å². The largest absolute Gasteiger partial charge is 0.493 e. The van der Waals surface area contributed by atoms with Crippen molar-refractivity contribution in [3.63, 3.8) is 0 Å².